The van der Waals surface area contributed by atoms with E-state index >= 15 is 0 Å². The molecule has 1 aliphatic rings. The second-order valence-corrected chi connectivity index (χ2v) is 5.50. The lowest BCUT2D eigenvalue weighted by molar-refractivity contribution is 0.0342. The van der Waals surface area contributed by atoms with Crippen molar-refractivity contribution in [2.45, 2.75) is 6.54 Å². The monoisotopic (exact) mass is 317 g/mol. The molecule has 0 radical (unpaired) electrons. The van der Waals surface area contributed by atoms with E-state index in [0.29, 0.717) is 5.39 Å². The number of nitrogens with one attached hydrogen (secondary N) is 2. The van der Waals surface area contributed by atoms with Crippen LogP contribution in [0.25, 0.3) is 10.9 Å². The molecule has 3 rings (SSSR count). The SMILES string of the molecule is NC(=O)Nc1[nH]c2cc(CN3CCOCC3)ccc2c1C(N)=O. The summed E-state index contributed by atoms with van der Waals surface area (Å²) in [5.41, 5.74) is 12.6. The Morgan fingerprint density at radius 3 is 2.65 bits per heavy atom. The topological polar surface area (TPSA) is 126 Å². The number of aromatic amines is 1. The third kappa shape index (κ3) is 3.27. The first-order valence-corrected chi connectivity index (χ1v) is 7.35. The molecule has 1 aliphatic heterocycles. The first-order chi connectivity index (χ1) is 11.0. The Bertz CT molecular complexity index is 749. The Hall–Kier alpha value is -2.58. The summed E-state index contributed by atoms with van der Waals surface area (Å²) in [5, 5.41) is 3.06. The van der Waals surface area contributed by atoms with Crippen LogP contribution in [-0.2, 0) is 11.3 Å². The van der Waals surface area contributed by atoms with Crippen LogP contribution in [0.5, 0.6) is 0 Å². The highest BCUT2D eigenvalue weighted by Gasteiger charge is 2.18. The van der Waals surface area contributed by atoms with Crippen molar-refractivity contribution in [2.24, 2.45) is 11.5 Å². The number of morpholine rings is 1. The molecule has 0 spiro atoms. The van der Waals surface area contributed by atoms with E-state index in [4.69, 9.17) is 16.2 Å². The van der Waals surface area contributed by atoms with E-state index in [1.54, 1.807) is 0 Å². The number of carbonyl (C=O) groups excluding carboxylic acids is 2. The van der Waals surface area contributed by atoms with Crippen LogP contribution in [0.2, 0.25) is 0 Å². The van der Waals surface area contributed by atoms with E-state index < -0.39 is 11.9 Å². The van der Waals surface area contributed by atoms with Crippen LogP contribution in [0.1, 0.15) is 15.9 Å². The third-order valence-electron chi connectivity index (χ3n) is 3.87. The molecule has 0 unspecified atom stereocenters. The van der Waals surface area contributed by atoms with Crippen molar-refractivity contribution in [2.75, 3.05) is 31.6 Å². The third-order valence-corrected chi connectivity index (χ3v) is 3.87. The van der Waals surface area contributed by atoms with Crippen molar-refractivity contribution in [3.8, 4) is 0 Å². The van der Waals surface area contributed by atoms with Crippen molar-refractivity contribution in [3.05, 3.63) is 29.3 Å². The zero-order valence-electron chi connectivity index (χ0n) is 12.6. The van der Waals surface area contributed by atoms with Gasteiger partial charge in [0.25, 0.3) is 5.91 Å². The maximum absolute atomic E-state index is 11.7. The van der Waals surface area contributed by atoms with Gasteiger partial charge in [0, 0.05) is 30.5 Å². The van der Waals surface area contributed by atoms with Gasteiger partial charge in [0.05, 0.1) is 18.8 Å². The van der Waals surface area contributed by atoms with Crippen LogP contribution in [0.4, 0.5) is 10.6 Å². The predicted octanol–water partition coefficient (Wildman–Crippen LogP) is 0.590. The Kier molecular flexibility index (Phi) is 4.18. The molecular weight excluding hydrogens is 298 g/mol. The number of amides is 3. The highest BCUT2D eigenvalue weighted by atomic mass is 16.5. The molecule has 0 aliphatic carbocycles. The van der Waals surface area contributed by atoms with Gasteiger partial charge < -0.3 is 21.2 Å². The average molecular weight is 317 g/mol. The molecule has 1 fully saturated rings. The fraction of sp³-hybridized carbons (Fsp3) is 0.333. The summed E-state index contributed by atoms with van der Waals surface area (Å²) in [5.74, 6) is -0.399. The maximum atomic E-state index is 11.7. The lowest BCUT2D eigenvalue weighted by Crippen LogP contribution is -2.35. The smallest absolute Gasteiger partial charge is 0.317 e. The molecule has 3 amide bonds. The molecule has 122 valence electrons. The molecule has 23 heavy (non-hydrogen) atoms. The molecular formula is C15H19N5O3. The summed E-state index contributed by atoms with van der Waals surface area (Å²) >= 11 is 0. The molecule has 0 atom stereocenters. The van der Waals surface area contributed by atoms with Crippen molar-refractivity contribution in [3.63, 3.8) is 0 Å². The highest BCUT2D eigenvalue weighted by molar-refractivity contribution is 6.12. The summed E-state index contributed by atoms with van der Waals surface area (Å²) in [6.45, 7) is 4.06. The van der Waals surface area contributed by atoms with E-state index in [2.05, 4.69) is 15.2 Å². The van der Waals surface area contributed by atoms with Crippen molar-refractivity contribution in [1.29, 1.82) is 0 Å². The predicted molar refractivity (Wildman–Crippen MR) is 86.1 cm³/mol. The quantitative estimate of drug-likeness (QED) is 0.658. The standard InChI is InChI=1S/C15H19N5O3/c16-13(21)12-10-2-1-9(8-20-3-5-23-6-4-20)7-11(10)18-14(12)19-15(17)22/h1-2,7,18H,3-6,8H2,(H2,16,21)(H3,17,19,22). The molecule has 1 saturated heterocycles. The van der Waals surface area contributed by atoms with Crippen LogP contribution in [-0.4, -0.2) is 48.1 Å². The zero-order valence-corrected chi connectivity index (χ0v) is 12.6. The molecule has 8 heteroatoms. The number of ether oxygens (including phenoxy) is 1. The van der Waals surface area contributed by atoms with Crippen LogP contribution in [0.3, 0.4) is 0 Å². The number of benzene rings is 1. The lowest BCUT2D eigenvalue weighted by Gasteiger charge is -2.26. The highest BCUT2D eigenvalue weighted by Crippen LogP contribution is 2.27. The molecule has 8 nitrogen and oxygen atoms in total. The molecule has 2 heterocycles. The van der Waals surface area contributed by atoms with Crippen molar-refractivity contribution < 1.29 is 14.3 Å². The number of fused-ring (bicyclic) bond motifs is 1. The summed E-state index contributed by atoms with van der Waals surface area (Å²) < 4.78 is 5.34. The number of hydrogen-bond donors (Lipinski definition) is 4. The van der Waals surface area contributed by atoms with Gasteiger partial charge in [-0.25, -0.2) is 4.79 Å². The molecule has 0 saturated carbocycles. The second-order valence-electron chi connectivity index (χ2n) is 5.50. The normalized spacial score (nSPS) is 15.7. The Labute approximate surface area is 132 Å². The van der Waals surface area contributed by atoms with Gasteiger partial charge in [-0.1, -0.05) is 12.1 Å². The van der Waals surface area contributed by atoms with Gasteiger partial charge in [-0.05, 0) is 11.6 Å². The molecule has 0 bridgehead atoms. The lowest BCUT2D eigenvalue weighted by atomic mass is 10.1. The first-order valence-electron chi connectivity index (χ1n) is 7.35. The van der Waals surface area contributed by atoms with Gasteiger partial charge in [0.2, 0.25) is 0 Å². The number of nitrogens with two attached hydrogens (primary N) is 2. The number of hydrogen-bond acceptors (Lipinski definition) is 4. The number of aromatic nitrogens is 1. The van der Waals surface area contributed by atoms with Gasteiger partial charge in [0.1, 0.15) is 5.82 Å². The minimum absolute atomic E-state index is 0.225. The Balaban J connectivity index is 1.92. The number of rotatable bonds is 4. The summed E-state index contributed by atoms with van der Waals surface area (Å²) in [6.07, 6.45) is 0. The van der Waals surface area contributed by atoms with E-state index in [-0.39, 0.29) is 11.4 Å². The van der Waals surface area contributed by atoms with Crippen LogP contribution in [0, 0.1) is 0 Å². The first kappa shape index (κ1) is 15.3. The fourth-order valence-corrected chi connectivity index (χ4v) is 2.83. The van der Waals surface area contributed by atoms with Crippen molar-refractivity contribution >= 4 is 28.7 Å². The zero-order chi connectivity index (χ0) is 16.4. The van der Waals surface area contributed by atoms with E-state index in [9.17, 15) is 9.59 Å². The van der Waals surface area contributed by atoms with Crippen LogP contribution in [0.15, 0.2) is 18.2 Å². The summed E-state index contributed by atoms with van der Waals surface area (Å²) in [4.78, 5) is 28.0. The number of anilines is 1. The number of urea groups is 1. The van der Waals surface area contributed by atoms with Gasteiger partial charge in [-0.3, -0.25) is 15.0 Å². The molecule has 6 N–H and O–H groups in total. The van der Waals surface area contributed by atoms with Gasteiger partial charge in [-0.15, -0.1) is 0 Å². The number of nitrogens with zero attached hydrogens (tertiary/aromatic N) is 1. The number of primary amides is 2. The number of carbonyl (C=O) groups is 2. The summed E-state index contributed by atoms with van der Waals surface area (Å²) in [7, 11) is 0. The Morgan fingerprint density at radius 2 is 2.00 bits per heavy atom. The van der Waals surface area contributed by atoms with E-state index in [1.165, 1.54) is 0 Å². The Morgan fingerprint density at radius 1 is 1.26 bits per heavy atom. The number of H-pyrrole nitrogens is 1. The minimum Gasteiger partial charge on any atom is -0.379 e. The maximum Gasteiger partial charge on any atom is 0.317 e. The van der Waals surface area contributed by atoms with Crippen LogP contribution < -0.4 is 16.8 Å². The minimum atomic E-state index is -0.757. The second kappa shape index (κ2) is 6.27. The van der Waals surface area contributed by atoms with E-state index in [1.807, 2.05) is 18.2 Å². The van der Waals surface area contributed by atoms with Crippen molar-refractivity contribution in [1.82, 2.24) is 9.88 Å². The summed E-state index contributed by atoms with van der Waals surface area (Å²) in [6, 6.07) is 4.97. The van der Waals surface area contributed by atoms with Gasteiger partial charge in [-0.2, -0.15) is 0 Å². The van der Waals surface area contributed by atoms with Gasteiger partial charge >= 0.3 is 6.03 Å². The fourth-order valence-electron chi connectivity index (χ4n) is 2.83. The largest absolute Gasteiger partial charge is 0.379 e. The van der Waals surface area contributed by atoms with Gasteiger partial charge in [0.15, 0.2) is 0 Å². The average Bonchev–Trinajstić information content (AvgIpc) is 2.84. The molecule has 2 aromatic rings. The molecule has 1 aromatic carbocycles. The van der Waals surface area contributed by atoms with E-state index in [0.717, 1.165) is 43.9 Å². The van der Waals surface area contributed by atoms with Crippen LogP contribution >= 0.6 is 0 Å². The molecule has 1 aromatic heterocycles.